The van der Waals surface area contributed by atoms with Crippen molar-refractivity contribution in [1.82, 2.24) is 14.9 Å². The van der Waals surface area contributed by atoms with Gasteiger partial charge in [0.15, 0.2) is 0 Å². The Hall–Kier alpha value is -2.18. The standard InChI is InChI=1S/C22H28N4OS/c1-14-16(3)28-22-20(14)21(24-19(25-22)13-26-11-7-8-12-26)23-15(2)17-9-5-6-10-18(17)27-4/h5-6,9-10,15H,7-8,11-13H2,1-4H3,(H,23,24,25)/t15-/m1/s1. The van der Waals surface area contributed by atoms with Gasteiger partial charge in [-0.15, -0.1) is 11.3 Å². The second kappa shape index (κ2) is 8.05. The van der Waals surface area contributed by atoms with Gasteiger partial charge >= 0.3 is 0 Å². The maximum absolute atomic E-state index is 5.55. The van der Waals surface area contributed by atoms with Gasteiger partial charge in [0.05, 0.1) is 25.1 Å². The molecule has 0 bridgehead atoms. The summed E-state index contributed by atoms with van der Waals surface area (Å²) in [5.74, 6) is 2.73. The third-order valence-corrected chi connectivity index (χ3v) is 6.70. The summed E-state index contributed by atoms with van der Waals surface area (Å²) in [4.78, 5) is 14.7. The molecule has 0 aliphatic carbocycles. The van der Waals surface area contributed by atoms with Crippen LogP contribution in [0.4, 0.5) is 5.82 Å². The fourth-order valence-corrected chi connectivity index (χ4v) is 4.96. The molecule has 1 N–H and O–H groups in total. The van der Waals surface area contributed by atoms with E-state index in [0.717, 1.165) is 52.8 Å². The van der Waals surface area contributed by atoms with E-state index in [1.54, 1.807) is 18.4 Å². The molecule has 1 aromatic carbocycles. The Bertz CT molecular complexity index is 978. The van der Waals surface area contributed by atoms with Crippen molar-refractivity contribution in [2.24, 2.45) is 0 Å². The number of fused-ring (bicyclic) bond motifs is 1. The SMILES string of the molecule is COc1ccccc1[C@@H](C)Nc1nc(CN2CCCC2)nc2sc(C)c(C)c12. The molecule has 3 aromatic rings. The van der Waals surface area contributed by atoms with Crippen LogP contribution >= 0.6 is 11.3 Å². The molecule has 0 amide bonds. The maximum atomic E-state index is 5.55. The lowest BCUT2D eigenvalue weighted by Gasteiger charge is -2.20. The monoisotopic (exact) mass is 396 g/mol. The van der Waals surface area contributed by atoms with Crippen molar-refractivity contribution < 1.29 is 4.74 Å². The number of likely N-dealkylation sites (tertiary alicyclic amines) is 1. The molecule has 28 heavy (non-hydrogen) atoms. The van der Waals surface area contributed by atoms with E-state index < -0.39 is 0 Å². The highest BCUT2D eigenvalue weighted by Crippen LogP contribution is 2.36. The average molecular weight is 397 g/mol. The van der Waals surface area contributed by atoms with Crippen molar-refractivity contribution in [1.29, 1.82) is 0 Å². The lowest BCUT2D eigenvalue weighted by Crippen LogP contribution is -2.20. The molecular formula is C22H28N4OS. The normalized spacial score (nSPS) is 15.9. The first-order valence-corrected chi connectivity index (χ1v) is 10.8. The van der Waals surface area contributed by atoms with Gasteiger partial charge in [-0.3, -0.25) is 4.90 Å². The molecule has 0 unspecified atom stereocenters. The number of aryl methyl sites for hydroxylation is 2. The molecule has 2 aromatic heterocycles. The zero-order chi connectivity index (χ0) is 19.7. The van der Waals surface area contributed by atoms with Gasteiger partial charge in [0.2, 0.25) is 0 Å². The lowest BCUT2D eigenvalue weighted by atomic mass is 10.1. The Balaban J connectivity index is 1.71. The summed E-state index contributed by atoms with van der Waals surface area (Å²) < 4.78 is 5.55. The van der Waals surface area contributed by atoms with Crippen LogP contribution in [0.2, 0.25) is 0 Å². The number of nitrogens with zero attached hydrogens (tertiary/aromatic N) is 3. The zero-order valence-electron chi connectivity index (χ0n) is 17.1. The number of anilines is 1. The molecule has 148 valence electrons. The third kappa shape index (κ3) is 3.71. The van der Waals surface area contributed by atoms with E-state index in [1.807, 2.05) is 18.2 Å². The first-order valence-electron chi connectivity index (χ1n) is 9.95. The number of methoxy groups -OCH3 is 1. The van der Waals surface area contributed by atoms with Gasteiger partial charge in [0.1, 0.15) is 22.2 Å². The highest BCUT2D eigenvalue weighted by atomic mass is 32.1. The summed E-state index contributed by atoms with van der Waals surface area (Å²) in [6, 6.07) is 8.23. The molecular weight excluding hydrogens is 368 g/mol. The third-order valence-electron chi connectivity index (χ3n) is 5.60. The fraction of sp³-hybridized carbons (Fsp3) is 0.455. The molecule has 1 atom stereocenters. The molecule has 1 saturated heterocycles. The number of ether oxygens (including phenoxy) is 1. The molecule has 0 saturated carbocycles. The predicted molar refractivity (Wildman–Crippen MR) is 116 cm³/mol. The maximum Gasteiger partial charge on any atom is 0.146 e. The lowest BCUT2D eigenvalue weighted by molar-refractivity contribution is 0.323. The summed E-state index contributed by atoms with van der Waals surface area (Å²) >= 11 is 1.76. The quantitative estimate of drug-likeness (QED) is 0.629. The zero-order valence-corrected chi connectivity index (χ0v) is 17.9. The molecule has 5 nitrogen and oxygen atoms in total. The van der Waals surface area contributed by atoms with Crippen molar-refractivity contribution in [2.45, 2.75) is 46.2 Å². The Morgan fingerprint density at radius 3 is 2.68 bits per heavy atom. The number of para-hydroxylation sites is 1. The number of hydrogen-bond donors (Lipinski definition) is 1. The van der Waals surface area contributed by atoms with Crippen LogP contribution in [-0.2, 0) is 6.54 Å². The molecule has 6 heteroatoms. The van der Waals surface area contributed by atoms with Gasteiger partial charge in [-0.25, -0.2) is 9.97 Å². The van der Waals surface area contributed by atoms with Crippen LogP contribution in [0.1, 0.15) is 47.6 Å². The topological polar surface area (TPSA) is 50.3 Å². The van der Waals surface area contributed by atoms with E-state index in [-0.39, 0.29) is 6.04 Å². The van der Waals surface area contributed by atoms with Crippen molar-refractivity contribution in [3.05, 3.63) is 46.1 Å². The largest absolute Gasteiger partial charge is 0.496 e. The minimum atomic E-state index is 0.0773. The van der Waals surface area contributed by atoms with Crippen molar-refractivity contribution in [2.75, 3.05) is 25.5 Å². The van der Waals surface area contributed by atoms with Crippen molar-refractivity contribution in [3.8, 4) is 5.75 Å². The molecule has 1 aliphatic rings. The molecule has 1 aliphatic heterocycles. The molecule has 0 radical (unpaired) electrons. The number of hydrogen-bond acceptors (Lipinski definition) is 6. The van der Waals surface area contributed by atoms with Crippen LogP contribution in [0.15, 0.2) is 24.3 Å². The van der Waals surface area contributed by atoms with Gasteiger partial charge in [0, 0.05) is 10.4 Å². The Morgan fingerprint density at radius 1 is 1.18 bits per heavy atom. The summed E-state index contributed by atoms with van der Waals surface area (Å²) in [5.41, 5.74) is 2.39. The van der Waals surface area contributed by atoms with E-state index in [4.69, 9.17) is 14.7 Å². The molecule has 4 rings (SSSR count). The molecule has 0 spiro atoms. The predicted octanol–water partition coefficient (Wildman–Crippen LogP) is 5.09. The van der Waals surface area contributed by atoms with Gasteiger partial charge in [0.25, 0.3) is 0 Å². The average Bonchev–Trinajstić information content (AvgIpc) is 3.29. The van der Waals surface area contributed by atoms with Crippen molar-refractivity contribution >= 4 is 27.4 Å². The van der Waals surface area contributed by atoms with Gasteiger partial charge in [-0.1, -0.05) is 18.2 Å². The molecule has 3 heterocycles. The van der Waals surface area contributed by atoms with E-state index in [0.29, 0.717) is 0 Å². The second-order valence-electron chi connectivity index (χ2n) is 7.54. The van der Waals surface area contributed by atoms with Crippen LogP contribution in [0.5, 0.6) is 5.75 Å². The number of rotatable bonds is 6. The summed E-state index contributed by atoms with van der Waals surface area (Å²) in [6.45, 7) is 9.59. The van der Waals surface area contributed by atoms with Crippen LogP contribution in [0, 0.1) is 13.8 Å². The van der Waals surface area contributed by atoms with Crippen LogP contribution in [0.25, 0.3) is 10.2 Å². The second-order valence-corrected chi connectivity index (χ2v) is 8.75. The van der Waals surface area contributed by atoms with E-state index in [9.17, 15) is 0 Å². The summed E-state index contributed by atoms with van der Waals surface area (Å²) in [6.07, 6.45) is 2.55. The van der Waals surface area contributed by atoms with Gasteiger partial charge in [-0.05, 0) is 58.3 Å². The fourth-order valence-electron chi connectivity index (χ4n) is 3.92. The Morgan fingerprint density at radius 2 is 1.93 bits per heavy atom. The summed E-state index contributed by atoms with van der Waals surface area (Å²) in [5, 5.41) is 4.80. The van der Waals surface area contributed by atoms with Crippen molar-refractivity contribution in [3.63, 3.8) is 0 Å². The number of nitrogens with one attached hydrogen (secondary N) is 1. The number of thiophene rings is 1. The molecule has 1 fully saturated rings. The minimum Gasteiger partial charge on any atom is -0.496 e. The summed E-state index contributed by atoms with van der Waals surface area (Å²) in [7, 11) is 1.72. The van der Waals surface area contributed by atoms with E-state index in [2.05, 4.69) is 37.1 Å². The smallest absolute Gasteiger partial charge is 0.146 e. The van der Waals surface area contributed by atoms with Crippen LogP contribution in [0.3, 0.4) is 0 Å². The highest BCUT2D eigenvalue weighted by molar-refractivity contribution is 7.18. The van der Waals surface area contributed by atoms with E-state index in [1.165, 1.54) is 23.3 Å². The van der Waals surface area contributed by atoms with Gasteiger partial charge < -0.3 is 10.1 Å². The number of benzene rings is 1. The van der Waals surface area contributed by atoms with Crippen LogP contribution in [-0.4, -0.2) is 35.1 Å². The van der Waals surface area contributed by atoms with Gasteiger partial charge in [-0.2, -0.15) is 0 Å². The van der Waals surface area contributed by atoms with E-state index >= 15 is 0 Å². The number of aromatic nitrogens is 2. The Kier molecular flexibility index (Phi) is 5.51. The Labute approximate surface area is 170 Å². The first-order chi connectivity index (χ1) is 13.6. The minimum absolute atomic E-state index is 0.0773. The highest BCUT2D eigenvalue weighted by Gasteiger charge is 2.20. The van der Waals surface area contributed by atoms with Crippen LogP contribution < -0.4 is 10.1 Å². The first kappa shape index (κ1) is 19.2.